The quantitative estimate of drug-likeness (QED) is 0.826. The number of hydrogen-bond acceptors (Lipinski definition) is 3. The zero-order valence-electron chi connectivity index (χ0n) is 12.4. The molecule has 2 unspecified atom stereocenters. The van der Waals surface area contributed by atoms with Crippen LogP contribution in [0.2, 0.25) is 0 Å². The Hall–Kier alpha value is -1.29. The molecule has 4 nitrogen and oxygen atoms in total. The summed E-state index contributed by atoms with van der Waals surface area (Å²) in [6.45, 7) is 4.25. The van der Waals surface area contributed by atoms with Crippen LogP contribution in [0.1, 0.15) is 74.7 Å². The van der Waals surface area contributed by atoms with Crippen LogP contribution in [-0.4, -0.2) is 17.1 Å². The molecule has 1 fully saturated rings. The monoisotopic (exact) mass is 279 g/mol. The van der Waals surface area contributed by atoms with E-state index in [4.69, 9.17) is 9.52 Å². The van der Waals surface area contributed by atoms with Gasteiger partial charge >= 0.3 is 5.97 Å². The van der Waals surface area contributed by atoms with Crippen LogP contribution >= 0.6 is 0 Å². The van der Waals surface area contributed by atoms with Gasteiger partial charge in [0.15, 0.2) is 0 Å². The minimum absolute atomic E-state index is 0.0133. The highest BCUT2D eigenvalue weighted by molar-refractivity contribution is 5.84. The first-order valence-corrected chi connectivity index (χ1v) is 7.71. The highest BCUT2D eigenvalue weighted by Crippen LogP contribution is 2.29. The van der Waals surface area contributed by atoms with Crippen LogP contribution in [-0.2, 0) is 0 Å². The molecule has 2 atom stereocenters. The van der Waals surface area contributed by atoms with Crippen LogP contribution in [0.25, 0.3) is 0 Å². The molecule has 1 aromatic rings. The van der Waals surface area contributed by atoms with Crippen molar-refractivity contribution < 1.29 is 14.3 Å². The Bertz CT molecular complexity index is 435. The molecule has 4 heteroatoms. The van der Waals surface area contributed by atoms with Gasteiger partial charge in [-0.1, -0.05) is 26.2 Å². The van der Waals surface area contributed by atoms with Crippen LogP contribution in [0.4, 0.5) is 0 Å². The first-order chi connectivity index (χ1) is 9.61. The van der Waals surface area contributed by atoms with Gasteiger partial charge in [0, 0.05) is 6.04 Å². The summed E-state index contributed by atoms with van der Waals surface area (Å²) in [7, 11) is 0. The smallest absolute Gasteiger partial charge is 0.371 e. The summed E-state index contributed by atoms with van der Waals surface area (Å²) < 4.78 is 5.38. The van der Waals surface area contributed by atoms with Crippen molar-refractivity contribution in [2.24, 2.45) is 5.92 Å². The van der Waals surface area contributed by atoms with E-state index >= 15 is 0 Å². The van der Waals surface area contributed by atoms with Crippen LogP contribution in [0.5, 0.6) is 0 Å². The summed E-state index contributed by atoms with van der Waals surface area (Å²) in [6, 6.07) is 3.82. The standard InChI is InChI=1S/C16H25NO3/c1-3-13(12-7-5-4-6-8-12)17-11(2)14-9-10-15(20-14)16(18)19/h9-13,17H,3-8H2,1-2H3,(H,18,19). The third-order valence-electron chi connectivity index (χ3n) is 4.39. The fraction of sp³-hybridized carbons (Fsp3) is 0.688. The molecule has 1 aliphatic rings. The number of carboxylic acid groups (broad SMARTS) is 1. The molecule has 2 rings (SSSR count). The minimum atomic E-state index is -1.01. The summed E-state index contributed by atoms with van der Waals surface area (Å²) in [4.78, 5) is 10.8. The number of carbonyl (C=O) groups is 1. The summed E-state index contributed by atoms with van der Waals surface area (Å²) in [5, 5.41) is 12.5. The molecule has 1 aliphatic carbocycles. The molecule has 112 valence electrons. The first kappa shape index (κ1) is 15.1. The lowest BCUT2D eigenvalue weighted by Crippen LogP contribution is -2.38. The zero-order chi connectivity index (χ0) is 14.5. The maximum atomic E-state index is 10.8. The van der Waals surface area contributed by atoms with Crippen LogP contribution < -0.4 is 5.32 Å². The third kappa shape index (κ3) is 3.63. The first-order valence-electron chi connectivity index (χ1n) is 7.71. The van der Waals surface area contributed by atoms with E-state index in [-0.39, 0.29) is 11.8 Å². The Balaban J connectivity index is 1.96. The fourth-order valence-electron chi connectivity index (χ4n) is 3.23. The van der Waals surface area contributed by atoms with E-state index in [2.05, 4.69) is 12.2 Å². The van der Waals surface area contributed by atoms with Gasteiger partial charge in [-0.15, -0.1) is 0 Å². The zero-order valence-corrected chi connectivity index (χ0v) is 12.4. The predicted octanol–water partition coefficient (Wildman–Crippen LogP) is 3.99. The number of nitrogens with one attached hydrogen (secondary N) is 1. The van der Waals surface area contributed by atoms with Crippen molar-refractivity contribution in [3.63, 3.8) is 0 Å². The van der Waals surface area contributed by atoms with Gasteiger partial charge in [-0.2, -0.15) is 0 Å². The molecule has 0 bridgehead atoms. The van der Waals surface area contributed by atoms with Gasteiger partial charge in [0.2, 0.25) is 5.76 Å². The number of carboxylic acids is 1. The average Bonchev–Trinajstić information content (AvgIpc) is 2.95. The maximum Gasteiger partial charge on any atom is 0.371 e. The number of hydrogen-bond donors (Lipinski definition) is 2. The summed E-state index contributed by atoms with van der Waals surface area (Å²) in [5.41, 5.74) is 0. The Labute approximate surface area is 120 Å². The molecular formula is C16H25NO3. The van der Waals surface area contributed by atoms with E-state index in [0.29, 0.717) is 11.8 Å². The molecule has 1 saturated carbocycles. The second kappa shape index (κ2) is 6.93. The number of furan rings is 1. The van der Waals surface area contributed by atoms with Gasteiger partial charge in [0.1, 0.15) is 5.76 Å². The molecule has 0 amide bonds. The van der Waals surface area contributed by atoms with Crippen molar-refractivity contribution in [3.05, 3.63) is 23.7 Å². The lowest BCUT2D eigenvalue weighted by atomic mass is 9.82. The summed E-state index contributed by atoms with van der Waals surface area (Å²) in [6.07, 6.45) is 7.74. The number of aromatic carboxylic acids is 1. The van der Waals surface area contributed by atoms with Crippen LogP contribution in [0, 0.1) is 5.92 Å². The topological polar surface area (TPSA) is 62.5 Å². The Morgan fingerprint density at radius 2 is 2.10 bits per heavy atom. The van der Waals surface area contributed by atoms with Gasteiger partial charge in [-0.3, -0.25) is 0 Å². The molecule has 0 aliphatic heterocycles. The minimum Gasteiger partial charge on any atom is -0.475 e. The predicted molar refractivity (Wildman–Crippen MR) is 77.9 cm³/mol. The third-order valence-corrected chi connectivity index (χ3v) is 4.39. The molecule has 1 aromatic heterocycles. The second-order valence-corrected chi connectivity index (χ2v) is 5.81. The molecule has 0 radical (unpaired) electrons. The highest BCUT2D eigenvalue weighted by Gasteiger charge is 2.24. The lowest BCUT2D eigenvalue weighted by Gasteiger charge is -2.32. The van der Waals surface area contributed by atoms with Crippen LogP contribution in [0.15, 0.2) is 16.5 Å². The highest BCUT2D eigenvalue weighted by atomic mass is 16.4. The van der Waals surface area contributed by atoms with Gasteiger partial charge in [-0.25, -0.2) is 4.79 Å². The van der Waals surface area contributed by atoms with Crippen molar-refractivity contribution in [1.29, 1.82) is 0 Å². The summed E-state index contributed by atoms with van der Waals surface area (Å²) in [5.74, 6) is 0.448. The van der Waals surface area contributed by atoms with E-state index in [1.54, 1.807) is 6.07 Å². The SMILES string of the molecule is CCC(NC(C)c1ccc(C(=O)O)o1)C1CCCCC1. The van der Waals surface area contributed by atoms with E-state index in [1.807, 2.05) is 6.92 Å². The fourth-order valence-corrected chi connectivity index (χ4v) is 3.23. The summed E-state index contributed by atoms with van der Waals surface area (Å²) >= 11 is 0. The largest absolute Gasteiger partial charge is 0.475 e. The molecule has 1 heterocycles. The van der Waals surface area contributed by atoms with E-state index in [1.165, 1.54) is 38.2 Å². The molecule has 0 aromatic carbocycles. The van der Waals surface area contributed by atoms with E-state index in [0.717, 1.165) is 12.3 Å². The Morgan fingerprint density at radius 1 is 1.40 bits per heavy atom. The van der Waals surface area contributed by atoms with E-state index < -0.39 is 5.97 Å². The van der Waals surface area contributed by atoms with Gasteiger partial charge in [-0.05, 0) is 44.2 Å². The molecule has 2 N–H and O–H groups in total. The maximum absolute atomic E-state index is 10.8. The van der Waals surface area contributed by atoms with Crippen molar-refractivity contribution in [2.45, 2.75) is 64.5 Å². The van der Waals surface area contributed by atoms with E-state index in [9.17, 15) is 4.79 Å². The Kier molecular flexibility index (Phi) is 5.24. The van der Waals surface area contributed by atoms with Crippen molar-refractivity contribution in [3.8, 4) is 0 Å². The molecule has 20 heavy (non-hydrogen) atoms. The van der Waals surface area contributed by atoms with Crippen molar-refractivity contribution in [2.75, 3.05) is 0 Å². The second-order valence-electron chi connectivity index (χ2n) is 5.81. The number of rotatable bonds is 6. The average molecular weight is 279 g/mol. The van der Waals surface area contributed by atoms with Crippen LogP contribution in [0.3, 0.4) is 0 Å². The Morgan fingerprint density at radius 3 is 2.65 bits per heavy atom. The molecule has 0 saturated heterocycles. The molecule has 0 spiro atoms. The molecular weight excluding hydrogens is 254 g/mol. The van der Waals surface area contributed by atoms with Gasteiger partial charge in [0.25, 0.3) is 0 Å². The van der Waals surface area contributed by atoms with Gasteiger partial charge in [0.05, 0.1) is 6.04 Å². The normalized spacial score (nSPS) is 19.7. The van der Waals surface area contributed by atoms with Gasteiger partial charge < -0.3 is 14.8 Å². The van der Waals surface area contributed by atoms with Crippen molar-refractivity contribution >= 4 is 5.97 Å². The van der Waals surface area contributed by atoms with Crippen molar-refractivity contribution in [1.82, 2.24) is 5.32 Å². The lowest BCUT2D eigenvalue weighted by molar-refractivity contribution is 0.0659.